The fourth-order valence-electron chi connectivity index (χ4n) is 2.23. The van der Waals surface area contributed by atoms with Gasteiger partial charge >= 0.3 is 5.97 Å². The number of ketones is 1. The summed E-state index contributed by atoms with van der Waals surface area (Å²) >= 11 is 0. The van der Waals surface area contributed by atoms with Gasteiger partial charge in [-0.1, -0.05) is 12.1 Å². The Morgan fingerprint density at radius 3 is 2.55 bits per heavy atom. The average Bonchev–Trinajstić information content (AvgIpc) is 2.55. The van der Waals surface area contributed by atoms with E-state index in [1.165, 1.54) is 13.2 Å². The molecule has 1 aliphatic heterocycles. The van der Waals surface area contributed by atoms with Crippen molar-refractivity contribution in [1.82, 2.24) is 4.90 Å². The van der Waals surface area contributed by atoms with Crippen LogP contribution < -0.4 is 4.74 Å². The first kappa shape index (κ1) is 16.2. The largest absolute Gasteiger partial charge is 0.492 e. The number of likely N-dealkylation sites (tertiary alicyclic amines) is 1. The van der Waals surface area contributed by atoms with E-state index in [-0.39, 0.29) is 5.97 Å². The van der Waals surface area contributed by atoms with Crippen LogP contribution >= 0.6 is 0 Å². The van der Waals surface area contributed by atoms with Gasteiger partial charge in [0, 0.05) is 38.6 Å². The van der Waals surface area contributed by atoms with E-state index in [1.54, 1.807) is 6.08 Å². The number of carbonyl (C=O) groups excluding carboxylic acids is 2. The van der Waals surface area contributed by atoms with Crippen LogP contribution in [0.15, 0.2) is 30.3 Å². The van der Waals surface area contributed by atoms with Crippen molar-refractivity contribution in [3.8, 4) is 5.75 Å². The molecule has 0 aliphatic carbocycles. The molecular formula is C17H21NO4. The van der Waals surface area contributed by atoms with Gasteiger partial charge in [-0.25, -0.2) is 4.79 Å². The number of benzene rings is 1. The zero-order valence-corrected chi connectivity index (χ0v) is 12.8. The summed E-state index contributed by atoms with van der Waals surface area (Å²) in [7, 11) is 1.35. The molecule has 0 amide bonds. The molecule has 0 radical (unpaired) electrons. The van der Waals surface area contributed by atoms with Crippen molar-refractivity contribution in [3.05, 3.63) is 35.9 Å². The summed E-state index contributed by atoms with van der Waals surface area (Å²) in [5.41, 5.74) is 0.910. The molecular weight excluding hydrogens is 282 g/mol. The van der Waals surface area contributed by atoms with Gasteiger partial charge in [0.25, 0.3) is 0 Å². The van der Waals surface area contributed by atoms with E-state index < -0.39 is 0 Å². The first-order valence-corrected chi connectivity index (χ1v) is 7.40. The van der Waals surface area contributed by atoms with Crippen LogP contribution in [0.3, 0.4) is 0 Å². The molecule has 0 atom stereocenters. The van der Waals surface area contributed by atoms with Crippen LogP contribution in [0.25, 0.3) is 6.08 Å². The predicted molar refractivity (Wildman–Crippen MR) is 83.7 cm³/mol. The maximum absolute atomic E-state index is 11.2. The van der Waals surface area contributed by atoms with Crippen LogP contribution in [0, 0.1) is 0 Å². The number of rotatable bonds is 6. The summed E-state index contributed by atoms with van der Waals surface area (Å²) < 4.78 is 10.2. The number of hydrogen-bond acceptors (Lipinski definition) is 5. The van der Waals surface area contributed by atoms with E-state index in [4.69, 9.17) is 4.74 Å². The van der Waals surface area contributed by atoms with Gasteiger partial charge in [-0.3, -0.25) is 9.69 Å². The minimum Gasteiger partial charge on any atom is -0.492 e. The molecule has 5 heteroatoms. The number of carbonyl (C=O) groups is 2. The number of methoxy groups -OCH3 is 1. The lowest BCUT2D eigenvalue weighted by Gasteiger charge is -2.25. The van der Waals surface area contributed by atoms with Crippen molar-refractivity contribution in [2.24, 2.45) is 0 Å². The van der Waals surface area contributed by atoms with Gasteiger partial charge in [-0.2, -0.15) is 0 Å². The van der Waals surface area contributed by atoms with E-state index in [0.29, 0.717) is 25.2 Å². The third-order valence-electron chi connectivity index (χ3n) is 3.58. The van der Waals surface area contributed by atoms with Crippen LogP contribution in [0.5, 0.6) is 5.75 Å². The first-order chi connectivity index (χ1) is 10.7. The second-order valence-electron chi connectivity index (χ2n) is 5.15. The number of hydrogen-bond donors (Lipinski definition) is 0. The standard InChI is InChI=1S/C17H21NO4/c1-21-17(20)7-4-14-2-5-16(6-3-14)22-13-12-18-10-8-15(19)9-11-18/h2-7H,8-13H2,1H3/b7-4+. The Labute approximate surface area is 130 Å². The lowest BCUT2D eigenvalue weighted by atomic mass is 10.1. The van der Waals surface area contributed by atoms with Gasteiger partial charge in [0.2, 0.25) is 0 Å². The highest BCUT2D eigenvalue weighted by atomic mass is 16.5. The van der Waals surface area contributed by atoms with Gasteiger partial charge in [-0.05, 0) is 23.8 Å². The molecule has 0 bridgehead atoms. The Bertz CT molecular complexity index is 526. The SMILES string of the molecule is COC(=O)/C=C/c1ccc(OCCN2CCC(=O)CC2)cc1. The average molecular weight is 303 g/mol. The molecule has 22 heavy (non-hydrogen) atoms. The number of piperidine rings is 1. The lowest BCUT2D eigenvalue weighted by molar-refractivity contribution is -0.134. The fraction of sp³-hybridized carbons (Fsp3) is 0.412. The molecule has 1 aromatic rings. The number of Topliss-reactive ketones (excluding diaryl/α,β-unsaturated/α-hetero) is 1. The molecule has 0 aromatic heterocycles. The van der Waals surface area contributed by atoms with E-state index in [9.17, 15) is 9.59 Å². The highest BCUT2D eigenvalue weighted by molar-refractivity contribution is 5.86. The summed E-state index contributed by atoms with van der Waals surface area (Å²) in [5, 5.41) is 0. The molecule has 1 heterocycles. The summed E-state index contributed by atoms with van der Waals surface area (Å²) in [4.78, 5) is 24.4. The van der Waals surface area contributed by atoms with E-state index in [1.807, 2.05) is 24.3 Å². The normalized spacial score (nSPS) is 16.0. The zero-order valence-electron chi connectivity index (χ0n) is 12.8. The molecule has 118 valence electrons. The van der Waals surface area contributed by atoms with Crippen molar-refractivity contribution >= 4 is 17.8 Å². The Morgan fingerprint density at radius 2 is 1.91 bits per heavy atom. The van der Waals surface area contributed by atoms with Crippen LogP contribution in [0.2, 0.25) is 0 Å². The molecule has 0 unspecified atom stereocenters. The molecule has 1 saturated heterocycles. The van der Waals surface area contributed by atoms with Gasteiger partial charge in [0.05, 0.1) is 7.11 Å². The highest BCUT2D eigenvalue weighted by Gasteiger charge is 2.15. The molecule has 1 aliphatic rings. The zero-order chi connectivity index (χ0) is 15.8. The van der Waals surface area contributed by atoms with Crippen molar-refractivity contribution in [1.29, 1.82) is 0 Å². The van der Waals surface area contributed by atoms with Crippen LogP contribution in [-0.4, -0.2) is 50.0 Å². The van der Waals surface area contributed by atoms with Crippen LogP contribution in [0.1, 0.15) is 18.4 Å². The first-order valence-electron chi connectivity index (χ1n) is 7.40. The maximum Gasteiger partial charge on any atom is 0.330 e. The predicted octanol–water partition coefficient (Wildman–Crippen LogP) is 1.92. The molecule has 0 spiro atoms. The highest BCUT2D eigenvalue weighted by Crippen LogP contribution is 2.13. The monoisotopic (exact) mass is 303 g/mol. The topological polar surface area (TPSA) is 55.8 Å². The van der Waals surface area contributed by atoms with E-state index >= 15 is 0 Å². The lowest BCUT2D eigenvalue weighted by Crippen LogP contribution is -2.36. The van der Waals surface area contributed by atoms with Crippen LogP contribution in [0.4, 0.5) is 0 Å². The second kappa shape index (κ2) is 8.34. The quantitative estimate of drug-likeness (QED) is 0.593. The molecule has 5 nitrogen and oxygen atoms in total. The number of esters is 1. The smallest absolute Gasteiger partial charge is 0.330 e. The third kappa shape index (κ3) is 5.33. The van der Waals surface area contributed by atoms with Crippen molar-refractivity contribution in [3.63, 3.8) is 0 Å². The summed E-state index contributed by atoms with van der Waals surface area (Å²) in [6.07, 6.45) is 4.39. The summed E-state index contributed by atoms with van der Waals surface area (Å²) in [5.74, 6) is 0.774. The van der Waals surface area contributed by atoms with Gasteiger partial charge in [0.1, 0.15) is 18.1 Å². The Hall–Kier alpha value is -2.14. The van der Waals surface area contributed by atoms with Gasteiger partial charge in [-0.15, -0.1) is 0 Å². The second-order valence-corrected chi connectivity index (χ2v) is 5.15. The minimum atomic E-state index is -0.375. The number of ether oxygens (including phenoxy) is 2. The van der Waals surface area contributed by atoms with Crippen molar-refractivity contribution in [2.45, 2.75) is 12.8 Å². The Kier molecular flexibility index (Phi) is 6.15. The number of nitrogens with zero attached hydrogens (tertiary/aromatic N) is 1. The van der Waals surface area contributed by atoms with Gasteiger partial charge < -0.3 is 9.47 Å². The maximum atomic E-state index is 11.2. The van der Waals surface area contributed by atoms with Crippen molar-refractivity contribution in [2.75, 3.05) is 33.4 Å². The summed E-state index contributed by atoms with van der Waals surface area (Å²) in [6.45, 7) is 3.10. The van der Waals surface area contributed by atoms with Crippen molar-refractivity contribution < 1.29 is 19.1 Å². The molecule has 1 fully saturated rings. The Morgan fingerprint density at radius 1 is 1.23 bits per heavy atom. The van der Waals surface area contributed by atoms with E-state index in [0.717, 1.165) is 30.9 Å². The fourth-order valence-corrected chi connectivity index (χ4v) is 2.23. The van der Waals surface area contributed by atoms with Crippen LogP contribution in [-0.2, 0) is 14.3 Å². The molecule has 0 N–H and O–H groups in total. The van der Waals surface area contributed by atoms with E-state index in [2.05, 4.69) is 9.64 Å². The third-order valence-corrected chi connectivity index (χ3v) is 3.58. The van der Waals surface area contributed by atoms with Gasteiger partial charge in [0.15, 0.2) is 0 Å². The molecule has 2 rings (SSSR count). The summed E-state index contributed by atoms with van der Waals surface area (Å²) in [6, 6.07) is 7.51. The minimum absolute atomic E-state index is 0.354. The molecule has 0 saturated carbocycles. The Balaban J connectivity index is 1.73. The molecule has 1 aromatic carbocycles.